The quantitative estimate of drug-likeness (QED) is 0.591. The molecule has 2 heterocycles. The summed E-state index contributed by atoms with van der Waals surface area (Å²) >= 11 is 0. The number of benzene rings is 2. The molecule has 0 atom stereocenters. The van der Waals surface area contributed by atoms with Gasteiger partial charge in [-0.1, -0.05) is 30.3 Å². The van der Waals surface area contributed by atoms with Crippen LogP contribution in [0.4, 0.5) is 0 Å². The Bertz CT molecular complexity index is 1170. The van der Waals surface area contributed by atoms with Gasteiger partial charge in [0.15, 0.2) is 5.65 Å². The number of hydrogen-bond donors (Lipinski definition) is 2. The van der Waals surface area contributed by atoms with Gasteiger partial charge >= 0.3 is 5.69 Å². The third-order valence-electron chi connectivity index (χ3n) is 4.13. The van der Waals surface area contributed by atoms with E-state index in [0.29, 0.717) is 18.1 Å². The monoisotopic (exact) mass is 348 g/mol. The zero-order chi connectivity index (χ0) is 18.1. The van der Waals surface area contributed by atoms with Crippen LogP contribution in [-0.4, -0.2) is 19.5 Å². The summed E-state index contributed by atoms with van der Waals surface area (Å²) in [7, 11) is 1.56. The molecule has 2 aromatic heterocycles. The Morgan fingerprint density at radius 1 is 1.00 bits per heavy atom. The zero-order valence-corrected chi connectivity index (χ0v) is 14.0. The second-order valence-electron chi connectivity index (χ2n) is 5.90. The van der Waals surface area contributed by atoms with Crippen molar-refractivity contribution < 1.29 is 4.74 Å². The fourth-order valence-electron chi connectivity index (χ4n) is 2.69. The van der Waals surface area contributed by atoms with Crippen molar-refractivity contribution in [1.29, 1.82) is 0 Å². The van der Waals surface area contributed by atoms with Crippen molar-refractivity contribution in [2.75, 3.05) is 0 Å². The number of H-pyrrole nitrogens is 2. The number of fused-ring (bicyclic) bond motifs is 1. The fourth-order valence-corrected chi connectivity index (χ4v) is 2.69. The third kappa shape index (κ3) is 2.90. The van der Waals surface area contributed by atoms with E-state index < -0.39 is 11.2 Å². The lowest BCUT2D eigenvalue weighted by Gasteiger charge is -2.06. The Morgan fingerprint density at radius 3 is 2.46 bits per heavy atom. The Labute approximate surface area is 147 Å². The van der Waals surface area contributed by atoms with Crippen molar-refractivity contribution >= 4 is 11.2 Å². The van der Waals surface area contributed by atoms with E-state index in [-0.39, 0.29) is 5.52 Å². The Hall–Kier alpha value is -3.61. The van der Waals surface area contributed by atoms with Gasteiger partial charge in [-0.15, -0.1) is 0 Å². The van der Waals surface area contributed by atoms with Gasteiger partial charge in [0.25, 0.3) is 5.56 Å². The van der Waals surface area contributed by atoms with E-state index in [9.17, 15) is 9.59 Å². The summed E-state index contributed by atoms with van der Waals surface area (Å²) in [6.07, 6.45) is 0. The molecule has 0 saturated carbocycles. The van der Waals surface area contributed by atoms with Crippen molar-refractivity contribution in [3.05, 3.63) is 81.0 Å². The molecule has 0 radical (unpaired) electrons. The Balaban J connectivity index is 1.60. The molecule has 0 aliphatic carbocycles. The van der Waals surface area contributed by atoms with Gasteiger partial charge in [0.05, 0.1) is 0 Å². The first-order chi connectivity index (χ1) is 12.6. The molecule has 0 bridgehead atoms. The minimum absolute atomic E-state index is 0.270. The smallest absolute Gasteiger partial charge is 0.329 e. The number of aryl methyl sites for hydroxylation is 1. The lowest BCUT2D eigenvalue weighted by Crippen LogP contribution is -2.28. The summed E-state index contributed by atoms with van der Waals surface area (Å²) in [6.45, 7) is 0.488. The third-order valence-corrected chi connectivity index (χ3v) is 4.13. The molecular formula is C19H16N4O3. The van der Waals surface area contributed by atoms with Gasteiger partial charge in [-0.3, -0.25) is 14.3 Å². The molecule has 0 amide bonds. The maximum absolute atomic E-state index is 11.9. The molecule has 7 nitrogen and oxygen atoms in total. The van der Waals surface area contributed by atoms with Crippen LogP contribution in [0.25, 0.3) is 22.6 Å². The average Bonchev–Trinajstić information content (AvgIpc) is 3.12. The van der Waals surface area contributed by atoms with E-state index in [2.05, 4.69) is 15.0 Å². The van der Waals surface area contributed by atoms with Crippen LogP contribution in [0, 0.1) is 0 Å². The Kier molecular flexibility index (Phi) is 3.89. The maximum Gasteiger partial charge on any atom is 0.329 e. The summed E-state index contributed by atoms with van der Waals surface area (Å²) in [5.74, 6) is 1.25. The first-order valence-corrected chi connectivity index (χ1v) is 8.08. The highest BCUT2D eigenvalue weighted by Gasteiger charge is 2.12. The van der Waals surface area contributed by atoms with Gasteiger partial charge < -0.3 is 9.72 Å². The van der Waals surface area contributed by atoms with Crippen LogP contribution in [0.1, 0.15) is 5.56 Å². The molecule has 0 fully saturated rings. The van der Waals surface area contributed by atoms with E-state index in [1.807, 2.05) is 54.6 Å². The Morgan fingerprint density at radius 2 is 1.73 bits per heavy atom. The zero-order valence-electron chi connectivity index (χ0n) is 14.0. The molecule has 4 aromatic rings. The van der Waals surface area contributed by atoms with E-state index in [0.717, 1.165) is 16.9 Å². The molecule has 2 N–H and O–H groups in total. The number of hydrogen-bond acceptors (Lipinski definition) is 4. The van der Waals surface area contributed by atoms with Crippen LogP contribution >= 0.6 is 0 Å². The molecule has 0 aliphatic heterocycles. The summed E-state index contributed by atoms with van der Waals surface area (Å²) < 4.78 is 7.06. The summed E-state index contributed by atoms with van der Waals surface area (Å²) in [5.41, 5.74) is 1.49. The number of nitrogens with zero attached hydrogens (tertiary/aromatic N) is 2. The van der Waals surface area contributed by atoms with Crippen molar-refractivity contribution in [2.24, 2.45) is 7.05 Å². The van der Waals surface area contributed by atoms with E-state index >= 15 is 0 Å². The summed E-state index contributed by atoms with van der Waals surface area (Å²) in [6, 6.07) is 17.3. The van der Waals surface area contributed by atoms with Gasteiger partial charge in [-0.25, -0.2) is 9.78 Å². The van der Waals surface area contributed by atoms with Crippen molar-refractivity contribution in [1.82, 2.24) is 19.5 Å². The average molecular weight is 348 g/mol. The van der Waals surface area contributed by atoms with Crippen LogP contribution in [0.3, 0.4) is 0 Å². The van der Waals surface area contributed by atoms with Crippen molar-refractivity contribution in [3.8, 4) is 17.1 Å². The number of aromatic amines is 2. The second kappa shape index (κ2) is 6.36. The standard InChI is InChI=1S/C19H16N4O3/c1-23-17-15(18(24)22-19(23)25)20-16(21-17)13-7-9-14(10-8-13)26-11-12-5-3-2-4-6-12/h2-10H,11H2,1H3,(H,20,21)(H,22,24,25). The predicted molar refractivity (Wildman–Crippen MR) is 98.2 cm³/mol. The first kappa shape index (κ1) is 15.9. The van der Waals surface area contributed by atoms with E-state index in [4.69, 9.17) is 4.74 Å². The summed E-state index contributed by atoms with van der Waals surface area (Å²) in [4.78, 5) is 33.2. The SMILES string of the molecule is Cn1c(=O)[nH]c(=O)c2[nH]c(-c3ccc(OCc4ccccc4)cc3)nc21. The summed E-state index contributed by atoms with van der Waals surface area (Å²) in [5, 5.41) is 0. The van der Waals surface area contributed by atoms with Crippen LogP contribution in [0.2, 0.25) is 0 Å². The fraction of sp³-hybridized carbons (Fsp3) is 0.105. The van der Waals surface area contributed by atoms with Crippen LogP contribution in [-0.2, 0) is 13.7 Å². The minimum Gasteiger partial charge on any atom is -0.489 e. The van der Waals surface area contributed by atoms with Gasteiger partial charge in [0.1, 0.15) is 23.7 Å². The molecule has 0 saturated heterocycles. The molecule has 0 unspecified atom stereocenters. The number of nitrogens with one attached hydrogen (secondary N) is 2. The van der Waals surface area contributed by atoms with Crippen molar-refractivity contribution in [2.45, 2.75) is 6.61 Å². The van der Waals surface area contributed by atoms with E-state index in [1.54, 1.807) is 7.05 Å². The largest absolute Gasteiger partial charge is 0.489 e. The number of rotatable bonds is 4. The van der Waals surface area contributed by atoms with Gasteiger partial charge in [-0.05, 0) is 29.8 Å². The lowest BCUT2D eigenvalue weighted by atomic mass is 10.2. The highest BCUT2D eigenvalue weighted by atomic mass is 16.5. The molecule has 7 heteroatoms. The maximum atomic E-state index is 11.9. The molecule has 0 aliphatic rings. The minimum atomic E-state index is -0.495. The molecule has 2 aromatic carbocycles. The first-order valence-electron chi connectivity index (χ1n) is 8.08. The van der Waals surface area contributed by atoms with Gasteiger partial charge in [-0.2, -0.15) is 0 Å². The molecular weight excluding hydrogens is 332 g/mol. The highest BCUT2D eigenvalue weighted by Crippen LogP contribution is 2.22. The molecule has 130 valence electrons. The van der Waals surface area contributed by atoms with Crippen LogP contribution < -0.4 is 16.0 Å². The topological polar surface area (TPSA) is 92.8 Å². The predicted octanol–water partition coefficient (Wildman–Crippen LogP) is 2.20. The van der Waals surface area contributed by atoms with Gasteiger partial charge in [0, 0.05) is 12.6 Å². The molecule has 26 heavy (non-hydrogen) atoms. The second-order valence-corrected chi connectivity index (χ2v) is 5.90. The van der Waals surface area contributed by atoms with Crippen LogP contribution in [0.15, 0.2) is 64.2 Å². The van der Waals surface area contributed by atoms with Gasteiger partial charge in [0.2, 0.25) is 0 Å². The number of aromatic nitrogens is 4. The van der Waals surface area contributed by atoms with E-state index in [1.165, 1.54) is 4.57 Å². The number of ether oxygens (including phenoxy) is 1. The molecule has 0 spiro atoms. The van der Waals surface area contributed by atoms with Crippen LogP contribution in [0.5, 0.6) is 5.75 Å². The number of imidazole rings is 1. The van der Waals surface area contributed by atoms with Crippen molar-refractivity contribution in [3.63, 3.8) is 0 Å². The molecule has 4 rings (SSSR count). The lowest BCUT2D eigenvalue weighted by molar-refractivity contribution is 0.306. The highest BCUT2D eigenvalue weighted by molar-refractivity contribution is 5.75. The normalized spacial score (nSPS) is 11.0.